The summed E-state index contributed by atoms with van der Waals surface area (Å²) in [6.07, 6.45) is 3.91. The van der Waals surface area contributed by atoms with Crippen molar-refractivity contribution in [2.75, 3.05) is 45.9 Å². The predicted molar refractivity (Wildman–Crippen MR) is 94.1 cm³/mol. The highest BCUT2D eigenvalue weighted by molar-refractivity contribution is 6.06. The van der Waals surface area contributed by atoms with Crippen molar-refractivity contribution in [1.82, 2.24) is 14.8 Å². The lowest BCUT2D eigenvalue weighted by atomic mass is 9.96. The molecule has 4 rings (SSSR count). The molecule has 1 unspecified atom stereocenters. The van der Waals surface area contributed by atoms with Crippen LogP contribution in [0.1, 0.15) is 23.2 Å². The topological polar surface area (TPSA) is 48.6 Å². The van der Waals surface area contributed by atoms with E-state index in [0.29, 0.717) is 17.0 Å². The number of rotatable bonds is 3. The largest absolute Gasteiger partial charge is 0.379 e. The first-order chi connectivity index (χ1) is 12.2. The van der Waals surface area contributed by atoms with Crippen molar-refractivity contribution in [3.05, 3.63) is 35.8 Å². The number of hydrogen-bond acceptors (Lipinski definition) is 3. The van der Waals surface area contributed by atoms with E-state index in [0.717, 1.165) is 57.7 Å². The zero-order valence-corrected chi connectivity index (χ0v) is 14.3. The SMILES string of the molecule is O=C(c1c[nH]c2cc(F)ccc12)N1CCCC(CN2CCOCC2)C1. The van der Waals surface area contributed by atoms with E-state index in [1.54, 1.807) is 12.3 Å². The van der Waals surface area contributed by atoms with Gasteiger partial charge in [-0.05, 0) is 37.0 Å². The Morgan fingerprint density at radius 1 is 1.28 bits per heavy atom. The van der Waals surface area contributed by atoms with Crippen LogP contribution in [0.5, 0.6) is 0 Å². The Labute approximate surface area is 146 Å². The van der Waals surface area contributed by atoms with E-state index >= 15 is 0 Å². The summed E-state index contributed by atoms with van der Waals surface area (Å²) in [5.74, 6) is 0.264. The van der Waals surface area contributed by atoms with Gasteiger partial charge in [0.2, 0.25) is 0 Å². The number of halogens is 1. The van der Waals surface area contributed by atoms with Crippen molar-refractivity contribution in [2.45, 2.75) is 12.8 Å². The third kappa shape index (κ3) is 3.55. The summed E-state index contributed by atoms with van der Waals surface area (Å²) < 4.78 is 18.8. The molecule has 1 aromatic heterocycles. The highest BCUT2D eigenvalue weighted by Gasteiger charge is 2.27. The zero-order chi connectivity index (χ0) is 17.2. The van der Waals surface area contributed by atoms with E-state index in [1.807, 2.05) is 4.90 Å². The number of ether oxygens (including phenoxy) is 1. The van der Waals surface area contributed by atoms with E-state index < -0.39 is 0 Å². The van der Waals surface area contributed by atoms with Gasteiger partial charge in [-0.1, -0.05) is 0 Å². The van der Waals surface area contributed by atoms with Gasteiger partial charge in [0.05, 0.1) is 18.8 Å². The predicted octanol–water partition coefficient (Wildman–Crippen LogP) is 2.49. The molecular formula is C19H24FN3O2. The van der Waals surface area contributed by atoms with Gasteiger partial charge in [-0.25, -0.2) is 4.39 Å². The fourth-order valence-corrected chi connectivity index (χ4v) is 3.99. The Hall–Kier alpha value is -1.92. The lowest BCUT2D eigenvalue weighted by molar-refractivity contribution is 0.0224. The van der Waals surface area contributed by atoms with Gasteiger partial charge in [-0.15, -0.1) is 0 Å². The van der Waals surface area contributed by atoms with Crippen LogP contribution in [-0.4, -0.2) is 66.6 Å². The molecule has 0 aliphatic carbocycles. The molecule has 1 amide bonds. The second-order valence-electron chi connectivity index (χ2n) is 7.06. The fourth-order valence-electron chi connectivity index (χ4n) is 3.99. The quantitative estimate of drug-likeness (QED) is 0.930. The number of fused-ring (bicyclic) bond motifs is 1. The number of amides is 1. The Morgan fingerprint density at radius 3 is 2.96 bits per heavy atom. The molecule has 5 nitrogen and oxygen atoms in total. The number of piperidine rings is 1. The molecule has 1 atom stereocenters. The zero-order valence-electron chi connectivity index (χ0n) is 14.3. The highest BCUT2D eigenvalue weighted by atomic mass is 19.1. The first kappa shape index (κ1) is 16.5. The van der Waals surface area contributed by atoms with Gasteiger partial charge in [0.25, 0.3) is 5.91 Å². The van der Waals surface area contributed by atoms with E-state index in [9.17, 15) is 9.18 Å². The average Bonchev–Trinajstić information content (AvgIpc) is 3.05. The van der Waals surface area contributed by atoms with Crippen LogP contribution >= 0.6 is 0 Å². The second-order valence-corrected chi connectivity index (χ2v) is 7.06. The van der Waals surface area contributed by atoms with Crippen LogP contribution in [0.25, 0.3) is 10.9 Å². The number of likely N-dealkylation sites (tertiary alicyclic amines) is 1. The number of aromatic nitrogens is 1. The minimum Gasteiger partial charge on any atom is -0.379 e. The smallest absolute Gasteiger partial charge is 0.256 e. The molecule has 0 spiro atoms. The summed E-state index contributed by atoms with van der Waals surface area (Å²) in [7, 11) is 0. The van der Waals surface area contributed by atoms with E-state index in [1.165, 1.54) is 18.6 Å². The van der Waals surface area contributed by atoms with Gasteiger partial charge < -0.3 is 14.6 Å². The van der Waals surface area contributed by atoms with Gasteiger partial charge in [-0.3, -0.25) is 9.69 Å². The minimum atomic E-state index is -0.295. The first-order valence-electron chi connectivity index (χ1n) is 9.07. The van der Waals surface area contributed by atoms with Crippen molar-refractivity contribution < 1.29 is 13.9 Å². The summed E-state index contributed by atoms with van der Waals surface area (Å²) in [5.41, 5.74) is 1.31. The van der Waals surface area contributed by atoms with Crippen molar-refractivity contribution in [3.8, 4) is 0 Å². The molecule has 25 heavy (non-hydrogen) atoms. The summed E-state index contributed by atoms with van der Waals surface area (Å²) in [5, 5.41) is 0.793. The molecule has 134 valence electrons. The number of aromatic amines is 1. The number of nitrogens with zero attached hydrogens (tertiary/aromatic N) is 2. The van der Waals surface area contributed by atoms with E-state index in [4.69, 9.17) is 4.74 Å². The number of carbonyl (C=O) groups excluding carboxylic acids is 1. The van der Waals surface area contributed by atoms with Gasteiger partial charge in [0.15, 0.2) is 0 Å². The third-order valence-corrected chi connectivity index (χ3v) is 5.30. The molecule has 2 aromatic rings. The number of nitrogens with one attached hydrogen (secondary N) is 1. The maximum Gasteiger partial charge on any atom is 0.256 e. The Morgan fingerprint density at radius 2 is 2.12 bits per heavy atom. The average molecular weight is 345 g/mol. The molecule has 2 aliphatic heterocycles. The second kappa shape index (κ2) is 7.14. The standard InChI is InChI=1S/C19H24FN3O2/c20-15-3-4-16-17(11-21-18(16)10-15)19(24)23-5-1-2-14(13-23)12-22-6-8-25-9-7-22/h3-4,10-11,14,21H,1-2,5-9,12-13H2. The maximum atomic E-state index is 13.3. The van der Waals surface area contributed by atoms with Gasteiger partial charge in [0.1, 0.15) is 5.82 Å². The molecule has 1 N–H and O–H groups in total. The highest BCUT2D eigenvalue weighted by Crippen LogP contribution is 2.24. The number of hydrogen-bond donors (Lipinski definition) is 1. The van der Waals surface area contributed by atoms with Gasteiger partial charge in [-0.2, -0.15) is 0 Å². The number of benzene rings is 1. The fraction of sp³-hybridized carbons (Fsp3) is 0.526. The monoisotopic (exact) mass is 345 g/mol. The summed E-state index contributed by atoms with van der Waals surface area (Å²) in [6, 6.07) is 4.53. The van der Waals surface area contributed by atoms with Crippen LogP contribution in [0.2, 0.25) is 0 Å². The van der Waals surface area contributed by atoms with Crippen LogP contribution in [0.15, 0.2) is 24.4 Å². The number of morpholine rings is 1. The summed E-state index contributed by atoms with van der Waals surface area (Å²) in [6.45, 7) is 6.21. The molecule has 2 fully saturated rings. The molecule has 0 bridgehead atoms. The lowest BCUT2D eigenvalue weighted by Gasteiger charge is -2.36. The van der Waals surface area contributed by atoms with Crippen molar-refractivity contribution in [2.24, 2.45) is 5.92 Å². The number of H-pyrrole nitrogens is 1. The molecule has 2 saturated heterocycles. The first-order valence-corrected chi connectivity index (χ1v) is 9.07. The van der Waals surface area contributed by atoms with Crippen molar-refractivity contribution in [3.63, 3.8) is 0 Å². The van der Waals surface area contributed by atoms with Gasteiger partial charge >= 0.3 is 0 Å². The molecule has 2 aliphatic rings. The van der Waals surface area contributed by atoms with Crippen molar-refractivity contribution >= 4 is 16.8 Å². The molecule has 0 saturated carbocycles. The molecule has 6 heteroatoms. The van der Waals surface area contributed by atoms with Crippen LogP contribution in [-0.2, 0) is 4.74 Å². The number of carbonyl (C=O) groups is 1. The molecule has 1 aromatic carbocycles. The molecular weight excluding hydrogens is 321 g/mol. The van der Waals surface area contributed by atoms with Crippen LogP contribution in [0.4, 0.5) is 4.39 Å². The van der Waals surface area contributed by atoms with Crippen LogP contribution in [0, 0.1) is 11.7 Å². The maximum absolute atomic E-state index is 13.3. The minimum absolute atomic E-state index is 0.0459. The Kier molecular flexibility index (Phi) is 4.72. The summed E-state index contributed by atoms with van der Waals surface area (Å²) in [4.78, 5) is 20.4. The van der Waals surface area contributed by atoms with Gasteiger partial charge in [0, 0.05) is 49.8 Å². The Balaban J connectivity index is 1.45. The van der Waals surface area contributed by atoms with Crippen LogP contribution in [0.3, 0.4) is 0 Å². The normalized spacial score (nSPS) is 22.4. The summed E-state index contributed by atoms with van der Waals surface area (Å²) >= 11 is 0. The Bertz CT molecular complexity index is 754. The van der Waals surface area contributed by atoms with Crippen LogP contribution < -0.4 is 0 Å². The lowest BCUT2D eigenvalue weighted by Crippen LogP contribution is -2.46. The van der Waals surface area contributed by atoms with Crippen molar-refractivity contribution in [1.29, 1.82) is 0 Å². The van der Waals surface area contributed by atoms with E-state index in [2.05, 4.69) is 9.88 Å². The molecule has 3 heterocycles. The molecule has 0 radical (unpaired) electrons. The third-order valence-electron chi connectivity index (χ3n) is 5.30. The van der Waals surface area contributed by atoms with E-state index in [-0.39, 0.29) is 11.7 Å².